The fourth-order valence-corrected chi connectivity index (χ4v) is 6.15. The van der Waals surface area contributed by atoms with Crippen LogP contribution in [0.2, 0.25) is 5.02 Å². The van der Waals surface area contributed by atoms with Crippen LogP contribution in [0.3, 0.4) is 0 Å². The Labute approximate surface area is 220 Å². The third kappa shape index (κ3) is 4.32. The van der Waals surface area contributed by atoms with Crippen LogP contribution in [0.25, 0.3) is 0 Å². The van der Waals surface area contributed by atoms with Crippen LogP contribution in [0.15, 0.2) is 28.7 Å². The SMILES string of the molecule is CCN(CCC(C)C)Cc1cc(O)c2c(c1Cl)CC1C[C@H]3CC(O)=C(C(N)=O)C(=O)[C@@]3(O)C(O)=C1C2=O. The molecule has 200 valence electrons. The first-order valence-electron chi connectivity index (χ1n) is 12.6. The quantitative estimate of drug-likeness (QED) is 0.335. The number of carbonyl (C=O) groups is 3. The van der Waals surface area contributed by atoms with Crippen LogP contribution in [0.5, 0.6) is 5.75 Å². The predicted molar refractivity (Wildman–Crippen MR) is 136 cm³/mol. The number of carbonyl (C=O) groups excluding carboxylic acids is 3. The summed E-state index contributed by atoms with van der Waals surface area (Å²) in [6.45, 7) is 8.45. The molecule has 4 rings (SSSR count). The largest absolute Gasteiger partial charge is 0.511 e. The number of aliphatic hydroxyl groups is 3. The molecule has 0 fully saturated rings. The van der Waals surface area contributed by atoms with E-state index in [1.54, 1.807) is 0 Å². The predicted octanol–water partition coefficient (Wildman–Crippen LogP) is 3.10. The summed E-state index contributed by atoms with van der Waals surface area (Å²) in [6.07, 6.45) is 0.986. The van der Waals surface area contributed by atoms with Gasteiger partial charge in [-0.1, -0.05) is 32.4 Å². The lowest BCUT2D eigenvalue weighted by molar-refractivity contribution is -0.144. The molecular weight excluding hydrogens is 500 g/mol. The molecule has 1 amide bonds. The molecule has 6 N–H and O–H groups in total. The second-order valence-corrected chi connectivity index (χ2v) is 11.1. The Kier molecular flexibility index (Phi) is 7.18. The summed E-state index contributed by atoms with van der Waals surface area (Å²) in [7, 11) is 0. The standard InChI is InChI=1S/C27H33ClN2O7/c1-4-30(6-5-12(2)3)11-14-9-17(31)20-16(22(14)28)8-13-7-15-10-18(32)21(26(29)36)25(35)27(15,37)24(34)19(13)23(20)33/h9,12-13,15,31-32,34,37H,4-8,10-11H2,1-3H3,(H2,29,36)/t13?,15-,27-/m0/s1. The number of phenols is 1. The number of benzene rings is 1. The zero-order valence-corrected chi connectivity index (χ0v) is 21.9. The fourth-order valence-electron chi connectivity index (χ4n) is 5.87. The van der Waals surface area contributed by atoms with Crippen molar-refractivity contribution in [1.82, 2.24) is 4.90 Å². The molecule has 1 unspecified atom stereocenters. The molecule has 3 aliphatic rings. The van der Waals surface area contributed by atoms with Crippen molar-refractivity contribution in [2.45, 2.75) is 58.6 Å². The summed E-state index contributed by atoms with van der Waals surface area (Å²) >= 11 is 6.79. The summed E-state index contributed by atoms with van der Waals surface area (Å²) in [5.41, 5.74) is 2.71. The van der Waals surface area contributed by atoms with Crippen LogP contribution in [-0.2, 0) is 22.6 Å². The van der Waals surface area contributed by atoms with Crippen molar-refractivity contribution in [2.24, 2.45) is 23.5 Å². The lowest BCUT2D eigenvalue weighted by Gasteiger charge is -2.45. The molecule has 0 saturated heterocycles. The second kappa shape index (κ2) is 9.78. The Hall–Kier alpha value is -2.88. The van der Waals surface area contributed by atoms with E-state index in [0.717, 1.165) is 19.5 Å². The van der Waals surface area contributed by atoms with Crippen LogP contribution in [0, 0.1) is 17.8 Å². The maximum atomic E-state index is 13.6. The van der Waals surface area contributed by atoms with Crippen molar-refractivity contribution >= 4 is 29.1 Å². The van der Waals surface area contributed by atoms with Gasteiger partial charge in [0.25, 0.3) is 5.91 Å². The van der Waals surface area contributed by atoms with Gasteiger partial charge in [0.05, 0.1) is 5.56 Å². The Balaban J connectivity index is 1.76. The second-order valence-electron chi connectivity index (χ2n) is 10.7. The minimum Gasteiger partial charge on any atom is -0.511 e. The number of aliphatic hydroxyl groups excluding tert-OH is 2. The molecule has 0 radical (unpaired) electrons. The maximum Gasteiger partial charge on any atom is 0.255 e. The number of nitrogens with two attached hydrogens (primary N) is 1. The van der Waals surface area contributed by atoms with Gasteiger partial charge in [-0.15, -0.1) is 0 Å². The number of ketones is 2. The van der Waals surface area contributed by atoms with Crippen LogP contribution in [-0.4, -0.2) is 61.5 Å². The minimum absolute atomic E-state index is 0.0692. The van der Waals surface area contributed by atoms with Crippen molar-refractivity contribution in [3.05, 3.63) is 50.4 Å². The highest BCUT2D eigenvalue weighted by Gasteiger charge is 2.59. The number of aromatic hydroxyl groups is 1. The number of hydrogen-bond donors (Lipinski definition) is 5. The number of amides is 1. The van der Waals surface area contributed by atoms with Crippen LogP contribution >= 0.6 is 11.6 Å². The van der Waals surface area contributed by atoms with E-state index in [9.17, 15) is 34.8 Å². The molecule has 10 heteroatoms. The van der Waals surface area contributed by atoms with Gasteiger partial charge in [0, 0.05) is 29.5 Å². The van der Waals surface area contributed by atoms with Gasteiger partial charge in [-0.25, -0.2) is 0 Å². The van der Waals surface area contributed by atoms with Crippen LogP contribution in [0.4, 0.5) is 0 Å². The van der Waals surface area contributed by atoms with Gasteiger partial charge >= 0.3 is 0 Å². The number of fused-ring (bicyclic) bond motifs is 3. The van der Waals surface area contributed by atoms with Gasteiger partial charge < -0.3 is 26.2 Å². The number of allylic oxidation sites excluding steroid dienone is 2. The van der Waals surface area contributed by atoms with Crippen molar-refractivity contribution in [3.8, 4) is 5.75 Å². The Morgan fingerprint density at radius 2 is 1.92 bits per heavy atom. The van der Waals surface area contributed by atoms with E-state index < -0.39 is 52.0 Å². The lowest BCUT2D eigenvalue weighted by atomic mass is 9.60. The molecule has 3 aliphatic carbocycles. The average molecular weight is 533 g/mol. The van der Waals surface area contributed by atoms with E-state index in [0.29, 0.717) is 28.6 Å². The van der Waals surface area contributed by atoms with Crippen molar-refractivity contribution in [2.75, 3.05) is 13.1 Å². The molecule has 0 bridgehead atoms. The Morgan fingerprint density at radius 3 is 2.51 bits per heavy atom. The third-order valence-electron chi connectivity index (χ3n) is 7.93. The molecule has 0 aromatic heterocycles. The minimum atomic E-state index is -2.58. The van der Waals surface area contributed by atoms with Crippen molar-refractivity contribution < 1.29 is 34.8 Å². The normalized spacial score (nSPS) is 25.5. The molecule has 37 heavy (non-hydrogen) atoms. The summed E-state index contributed by atoms with van der Waals surface area (Å²) in [4.78, 5) is 40.6. The average Bonchev–Trinajstić information content (AvgIpc) is 2.81. The first-order valence-corrected chi connectivity index (χ1v) is 12.9. The monoisotopic (exact) mass is 532 g/mol. The lowest BCUT2D eigenvalue weighted by Crippen LogP contribution is -2.57. The van der Waals surface area contributed by atoms with E-state index in [1.807, 2.05) is 6.92 Å². The zero-order chi connectivity index (χ0) is 27.4. The summed E-state index contributed by atoms with van der Waals surface area (Å²) in [5.74, 6) is -5.99. The number of halogens is 1. The Bertz CT molecular complexity index is 1250. The fraction of sp³-hybridized carbons (Fsp3) is 0.519. The highest BCUT2D eigenvalue weighted by molar-refractivity contribution is 6.33. The van der Waals surface area contributed by atoms with Crippen molar-refractivity contribution in [1.29, 1.82) is 0 Å². The summed E-state index contributed by atoms with van der Waals surface area (Å²) < 4.78 is 0. The molecule has 3 atom stereocenters. The summed E-state index contributed by atoms with van der Waals surface area (Å²) in [6, 6.07) is 1.45. The number of phenolic OH excluding ortho intramolecular Hbond substituents is 1. The Morgan fingerprint density at radius 1 is 1.24 bits per heavy atom. The van der Waals surface area contributed by atoms with Gasteiger partial charge in [0.2, 0.25) is 5.78 Å². The molecule has 0 spiro atoms. The molecular formula is C27H33ClN2O7. The smallest absolute Gasteiger partial charge is 0.255 e. The van der Waals surface area contributed by atoms with Gasteiger partial charge in [-0.05, 0) is 61.4 Å². The number of Topliss-reactive ketones (excluding diaryl/α,β-unsaturated/α-hetero) is 2. The van der Waals surface area contributed by atoms with Crippen molar-refractivity contribution in [3.63, 3.8) is 0 Å². The highest BCUT2D eigenvalue weighted by atomic mass is 35.5. The third-order valence-corrected chi connectivity index (χ3v) is 8.40. The van der Waals surface area contributed by atoms with E-state index in [2.05, 4.69) is 18.7 Å². The number of rotatable bonds is 7. The van der Waals surface area contributed by atoms with E-state index in [1.165, 1.54) is 6.07 Å². The maximum absolute atomic E-state index is 13.6. The molecule has 1 aromatic rings. The first-order chi connectivity index (χ1) is 17.3. The van der Waals surface area contributed by atoms with Gasteiger partial charge in [0.15, 0.2) is 11.4 Å². The molecule has 0 saturated carbocycles. The highest BCUT2D eigenvalue weighted by Crippen LogP contribution is 2.52. The first kappa shape index (κ1) is 27.2. The van der Waals surface area contributed by atoms with E-state index in [4.69, 9.17) is 17.3 Å². The number of primary amides is 1. The molecule has 0 aliphatic heterocycles. The van der Waals surface area contributed by atoms with Crippen LogP contribution in [0.1, 0.15) is 61.5 Å². The van der Waals surface area contributed by atoms with Crippen LogP contribution < -0.4 is 5.73 Å². The van der Waals surface area contributed by atoms with E-state index in [-0.39, 0.29) is 36.1 Å². The van der Waals surface area contributed by atoms with E-state index >= 15 is 0 Å². The molecule has 1 aromatic carbocycles. The van der Waals surface area contributed by atoms with Gasteiger partial charge in [-0.3, -0.25) is 19.3 Å². The number of hydrogen-bond acceptors (Lipinski definition) is 8. The zero-order valence-electron chi connectivity index (χ0n) is 21.2. The molecule has 0 heterocycles. The van der Waals surface area contributed by atoms with Gasteiger partial charge in [0.1, 0.15) is 22.8 Å². The topological polar surface area (TPSA) is 161 Å². The molecule has 9 nitrogen and oxygen atoms in total. The van der Waals surface area contributed by atoms with Gasteiger partial charge in [-0.2, -0.15) is 0 Å². The number of nitrogens with zero attached hydrogens (tertiary/aromatic N) is 1. The summed E-state index contributed by atoms with van der Waals surface area (Å²) in [5, 5.41) is 43.9.